The lowest BCUT2D eigenvalue weighted by atomic mass is 10.0. The Morgan fingerprint density at radius 1 is 1.32 bits per heavy atom. The first kappa shape index (κ1) is 14.6. The molecule has 22 heavy (non-hydrogen) atoms. The smallest absolute Gasteiger partial charge is 0.272 e. The maximum absolute atomic E-state index is 12.8. The summed E-state index contributed by atoms with van der Waals surface area (Å²) in [6.07, 6.45) is 2.02. The van der Waals surface area contributed by atoms with Crippen LogP contribution in [0.25, 0.3) is 0 Å². The number of hydrogen-bond donors (Lipinski definition) is 0. The number of carbonyl (C=O) groups is 1. The molecule has 1 amide bonds. The van der Waals surface area contributed by atoms with Crippen molar-refractivity contribution in [2.75, 3.05) is 13.7 Å². The molecular weight excluding hydrogens is 278 g/mol. The molecule has 1 aliphatic rings. The van der Waals surface area contributed by atoms with Gasteiger partial charge in [0.2, 0.25) is 0 Å². The largest absolute Gasteiger partial charge is 0.497 e. The van der Waals surface area contributed by atoms with Gasteiger partial charge in [-0.15, -0.1) is 0 Å². The lowest BCUT2D eigenvalue weighted by Gasteiger charge is -2.25. The van der Waals surface area contributed by atoms with Crippen molar-refractivity contribution in [3.8, 4) is 5.75 Å². The summed E-state index contributed by atoms with van der Waals surface area (Å²) in [6, 6.07) is 9.97. The molecule has 2 heterocycles. The predicted molar refractivity (Wildman–Crippen MR) is 84.0 cm³/mol. The van der Waals surface area contributed by atoms with Crippen molar-refractivity contribution < 1.29 is 9.53 Å². The van der Waals surface area contributed by atoms with Gasteiger partial charge in [-0.05, 0) is 43.5 Å². The highest BCUT2D eigenvalue weighted by Crippen LogP contribution is 2.33. The van der Waals surface area contributed by atoms with Crippen molar-refractivity contribution in [3.05, 3.63) is 47.3 Å². The molecule has 1 atom stereocenters. The Morgan fingerprint density at radius 2 is 2.05 bits per heavy atom. The summed E-state index contributed by atoms with van der Waals surface area (Å²) in [5, 5.41) is 4.28. The zero-order valence-electron chi connectivity index (χ0n) is 13.2. The zero-order valence-corrected chi connectivity index (χ0v) is 13.2. The van der Waals surface area contributed by atoms with E-state index in [1.165, 1.54) is 0 Å². The maximum Gasteiger partial charge on any atom is 0.272 e. The van der Waals surface area contributed by atoms with E-state index in [4.69, 9.17) is 4.74 Å². The standard InChI is InChI=1S/C17H21N3O2/c1-12-11-16(19(2)18-12)17(21)20-10-4-5-15(20)13-6-8-14(22-3)9-7-13/h6-9,11,15H,4-5,10H2,1-3H3. The van der Waals surface area contributed by atoms with Crippen LogP contribution in [-0.4, -0.2) is 34.2 Å². The van der Waals surface area contributed by atoms with Crippen molar-refractivity contribution >= 4 is 5.91 Å². The lowest BCUT2D eigenvalue weighted by molar-refractivity contribution is 0.0724. The van der Waals surface area contributed by atoms with Gasteiger partial charge in [0.1, 0.15) is 11.4 Å². The second-order valence-electron chi connectivity index (χ2n) is 5.72. The van der Waals surface area contributed by atoms with Crippen LogP contribution in [0, 0.1) is 6.92 Å². The molecular formula is C17H21N3O2. The summed E-state index contributed by atoms with van der Waals surface area (Å²) >= 11 is 0. The summed E-state index contributed by atoms with van der Waals surface area (Å²) in [5.41, 5.74) is 2.68. The monoisotopic (exact) mass is 299 g/mol. The highest BCUT2D eigenvalue weighted by Gasteiger charge is 2.31. The number of aryl methyl sites for hydroxylation is 2. The molecule has 0 saturated carbocycles. The van der Waals surface area contributed by atoms with Gasteiger partial charge in [-0.25, -0.2) is 0 Å². The summed E-state index contributed by atoms with van der Waals surface area (Å²) in [7, 11) is 3.48. The minimum atomic E-state index is 0.0569. The zero-order chi connectivity index (χ0) is 15.7. The van der Waals surface area contributed by atoms with Gasteiger partial charge in [0.05, 0.1) is 18.8 Å². The Bertz CT molecular complexity index is 676. The Kier molecular flexibility index (Phi) is 3.88. The van der Waals surface area contributed by atoms with Crippen LogP contribution in [0.3, 0.4) is 0 Å². The molecule has 0 bridgehead atoms. The predicted octanol–water partition coefficient (Wildman–Crippen LogP) is 2.71. The van der Waals surface area contributed by atoms with E-state index >= 15 is 0 Å². The average Bonchev–Trinajstić information content (AvgIpc) is 3.13. The van der Waals surface area contributed by atoms with Gasteiger partial charge in [-0.2, -0.15) is 5.10 Å². The average molecular weight is 299 g/mol. The van der Waals surface area contributed by atoms with Gasteiger partial charge < -0.3 is 9.64 Å². The number of rotatable bonds is 3. The highest BCUT2D eigenvalue weighted by molar-refractivity contribution is 5.93. The van der Waals surface area contributed by atoms with Crippen LogP contribution in [0.2, 0.25) is 0 Å². The van der Waals surface area contributed by atoms with Crippen molar-refractivity contribution in [1.29, 1.82) is 0 Å². The number of ether oxygens (including phenoxy) is 1. The molecule has 0 N–H and O–H groups in total. The molecule has 116 valence electrons. The molecule has 5 heteroatoms. The van der Waals surface area contributed by atoms with E-state index in [-0.39, 0.29) is 11.9 Å². The van der Waals surface area contributed by atoms with E-state index in [1.54, 1.807) is 11.8 Å². The second kappa shape index (κ2) is 5.83. The fraction of sp³-hybridized carbons (Fsp3) is 0.412. The van der Waals surface area contributed by atoms with E-state index in [0.29, 0.717) is 5.69 Å². The van der Waals surface area contributed by atoms with Crippen molar-refractivity contribution in [1.82, 2.24) is 14.7 Å². The van der Waals surface area contributed by atoms with E-state index in [0.717, 1.165) is 36.4 Å². The molecule has 1 aromatic carbocycles. The molecule has 0 spiro atoms. The summed E-state index contributed by atoms with van der Waals surface area (Å²) in [4.78, 5) is 14.8. The van der Waals surface area contributed by atoms with E-state index in [2.05, 4.69) is 5.10 Å². The van der Waals surface area contributed by atoms with E-state index in [1.807, 2.05) is 49.2 Å². The Labute approximate surface area is 130 Å². The van der Waals surface area contributed by atoms with Crippen LogP contribution in [0.15, 0.2) is 30.3 Å². The van der Waals surface area contributed by atoms with Gasteiger partial charge in [0.15, 0.2) is 0 Å². The van der Waals surface area contributed by atoms with Gasteiger partial charge in [0, 0.05) is 13.6 Å². The fourth-order valence-corrected chi connectivity index (χ4v) is 3.14. The molecule has 0 radical (unpaired) electrons. The quantitative estimate of drug-likeness (QED) is 0.875. The molecule has 1 fully saturated rings. The number of likely N-dealkylation sites (tertiary alicyclic amines) is 1. The number of benzene rings is 1. The van der Waals surface area contributed by atoms with Crippen LogP contribution in [0.5, 0.6) is 5.75 Å². The van der Waals surface area contributed by atoms with Crippen LogP contribution in [0.1, 0.15) is 40.6 Å². The fourth-order valence-electron chi connectivity index (χ4n) is 3.14. The van der Waals surface area contributed by atoms with Gasteiger partial charge >= 0.3 is 0 Å². The molecule has 1 saturated heterocycles. The number of aromatic nitrogens is 2. The SMILES string of the molecule is COc1ccc(C2CCCN2C(=O)c2cc(C)nn2C)cc1. The molecule has 1 unspecified atom stereocenters. The van der Waals surface area contributed by atoms with E-state index < -0.39 is 0 Å². The molecule has 1 aliphatic heterocycles. The van der Waals surface area contributed by atoms with E-state index in [9.17, 15) is 4.79 Å². The summed E-state index contributed by atoms with van der Waals surface area (Å²) in [5.74, 6) is 0.892. The van der Waals surface area contributed by atoms with Crippen LogP contribution < -0.4 is 4.74 Å². The number of amides is 1. The molecule has 2 aromatic rings. The molecule has 1 aromatic heterocycles. The second-order valence-corrected chi connectivity index (χ2v) is 5.72. The first-order chi connectivity index (χ1) is 10.6. The van der Waals surface area contributed by atoms with Crippen LogP contribution in [0.4, 0.5) is 0 Å². The topological polar surface area (TPSA) is 47.4 Å². The summed E-state index contributed by atoms with van der Waals surface area (Å²) < 4.78 is 6.87. The third-order valence-corrected chi connectivity index (χ3v) is 4.24. The third-order valence-electron chi connectivity index (χ3n) is 4.24. The Hall–Kier alpha value is -2.30. The maximum atomic E-state index is 12.8. The molecule has 3 rings (SSSR count). The molecule has 0 aliphatic carbocycles. The lowest BCUT2D eigenvalue weighted by Crippen LogP contribution is -2.32. The highest BCUT2D eigenvalue weighted by atomic mass is 16.5. The molecule has 5 nitrogen and oxygen atoms in total. The van der Waals surface area contributed by atoms with Crippen molar-refractivity contribution in [2.24, 2.45) is 7.05 Å². The minimum absolute atomic E-state index is 0.0569. The Morgan fingerprint density at radius 3 is 2.64 bits per heavy atom. The van der Waals surface area contributed by atoms with Crippen LogP contribution in [-0.2, 0) is 7.05 Å². The Balaban J connectivity index is 1.86. The van der Waals surface area contributed by atoms with Crippen molar-refractivity contribution in [2.45, 2.75) is 25.8 Å². The van der Waals surface area contributed by atoms with Crippen LogP contribution >= 0.6 is 0 Å². The van der Waals surface area contributed by atoms with Crippen molar-refractivity contribution in [3.63, 3.8) is 0 Å². The third kappa shape index (κ3) is 2.58. The first-order valence-electron chi connectivity index (χ1n) is 7.55. The number of carbonyl (C=O) groups excluding carboxylic acids is 1. The van der Waals surface area contributed by atoms with Gasteiger partial charge in [0.25, 0.3) is 5.91 Å². The minimum Gasteiger partial charge on any atom is -0.497 e. The summed E-state index contributed by atoms with van der Waals surface area (Å²) in [6.45, 7) is 2.70. The van der Waals surface area contributed by atoms with Gasteiger partial charge in [-0.3, -0.25) is 9.48 Å². The number of nitrogens with zero attached hydrogens (tertiary/aromatic N) is 3. The number of hydrogen-bond acceptors (Lipinski definition) is 3. The number of methoxy groups -OCH3 is 1. The normalized spacial score (nSPS) is 17.8. The van der Waals surface area contributed by atoms with Gasteiger partial charge in [-0.1, -0.05) is 12.1 Å². The first-order valence-corrected chi connectivity index (χ1v) is 7.55.